The number of halogens is 2. The van der Waals surface area contributed by atoms with E-state index in [-0.39, 0.29) is 0 Å². The van der Waals surface area contributed by atoms with E-state index in [1.165, 1.54) is 51.6 Å². The Labute approximate surface area is 220 Å². The fourth-order valence-corrected chi connectivity index (χ4v) is 6.98. The standard InChI is InChI=1S/C28H28Cl2N6/c29-19-9-7-18(8-10-19)27-25-26(33-36(27)24-6-2-1-5-23(24)30)28(32-17-31-25)35-20-11-12-21(35)16-22(15-20)34-13-3-4-14-34/h1-2,5-10,17,20-22H,3-4,11-16H2. The average Bonchev–Trinajstić information content (AvgIpc) is 3.62. The predicted molar refractivity (Wildman–Crippen MR) is 145 cm³/mol. The third-order valence-corrected chi connectivity index (χ3v) is 8.82. The normalized spacial score (nSPS) is 24.2. The molecule has 2 atom stereocenters. The van der Waals surface area contributed by atoms with Gasteiger partial charge in [0.15, 0.2) is 11.3 Å². The van der Waals surface area contributed by atoms with Crippen LogP contribution in [0.3, 0.4) is 0 Å². The Kier molecular flexibility index (Phi) is 5.64. The number of nitrogens with zero attached hydrogens (tertiary/aromatic N) is 6. The van der Waals surface area contributed by atoms with E-state index in [2.05, 4.69) is 9.80 Å². The number of benzene rings is 2. The van der Waals surface area contributed by atoms with Crippen molar-refractivity contribution in [2.75, 3.05) is 18.0 Å². The van der Waals surface area contributed by atoms with Crippen LogP contribution in [0, 0.1) is 0 Å². The number of anilines is 1. The summed E-state index contributed by atoms with van der Waals surface area (Å²) < 4.78 is 1.92. The monoisotopic (exact) mass is 518 g/mol. The first kappa shape index (κ1) is 22.5. The van der Waals surface area contributed by atoms with Gasteiger partial charge in [0.1, 0.15) is 17.5 Å². The maximum atomic E-state index is 6.66. The second-order valence-corrected chi connectivity index (χ2v) is 11.1. The molecule has 0 saturated carbocycles. The largest absolute Gasteiger partial charge is 0.349 e. The van der Waals surface area contributed by atoms with Gasteiger partial charge in [0, 0.05) is 28.7 Å². The first-order valence-corrected chi connectivity index (χ1v) is 13.7. The molecule has 0 aliphatic carbocycles. The van der Waals surface area contributed by atoms with Crippen LogP contribution in [0.25, 0.3) is 28.0 Å². The summed E-state index contributed by atoms with van der Waals surface area (Å²) in [7, 11) is 0. The lowest BCUT2D eigenvalue weighted by molar-refractivity contribution is 0.186. The van der Waals surface area contributed by atoms with Crippen LogP contribution < -0.4 is 4.90 Å². The van der Waals surface area contributed by atoms with Crippen LogP contribution in [0.4, 0.5) is 5.82 Å². The minimum absolute atomic E-state index is 0.497. The first-order chi connectivity index (χ1) is 17.7. The Morgan fingerprint density at radius 1 is 0.778 bits per heavy atom. The molecule has 3 aliphatic rings. The van der Waals surface area contributed by atoms with Crippen molar-refractivity contribution in [2.45, 2.75) is 56.7 Å². The zero-order chi connectivity index (χ0) is 24.2. The molecular weight excluding hydrogens is 491 g/mol. The minimum atomic E-state index is 0.497. The van der Waals surface area contributed by atoms with E-state index in [1.54, 1.807) is 6.33 Å². The van der Waals surface area contributed by atoms with E-state index in [0.717, 1.165) is 33.8 Å². The van der Waals surface area contributed by atoms with Gasteiger partial charge < -0.3 is 9.80 Å². The molecule has 0 radical (unpaired) electrons. The molecule has 3 aliphatic heterocycles. The van der Waals surface area contributed by atoms with Gasteiger partial charge in [-0.05, 0) is 75.9 Å². The average molecular weight is 519 g/mol. The summed E-state index contributed by atoms with van der Waals surface area (Å²) in [6, 6.07) is 17.3. The predicted octanol–water partition coefficient (Wildman–Crippen LogP) is 6.38. The first-order valence-electron chi connectivity index (χ1n) is 12.9. The summed E-state index contributed by atoms with van der Waals surface area (Å²) >= 11 is 12.9. The van der Waals surface area contributed by atoms with Gasteiger partial charge in [-0.25, -0.2) is 14.6 Å². The fraction of sp³-hybridized carbons (Fsp3) is 0.393. The third kappa shape index (κ3) is 3.69. The van der Waals surface area contributed by atoms with E-state index in [0.29, 0.717) is 28.2 Å². The zero-order valence-electron chi connectivity index (χ0n) is 20.0. The summed E-state index contributed by atoms with van der Waals surface area (Å²) in [6.07, 6.45) is 9.23. The Hall–Kier alpha value is -2.67. The highest BCUT2D eigenvalue weighted by molar-refractivity contribution is 6.32. The van der Waals surface area contributed by atoms with Crippen molar-refractivity contribution in [1.29, 1.82) is 0 Å². The van der Waals surface area contributed by atoms with Crippen LogP contribution >= 0.6 is 23.2 Å². The number of para-hydroxylation sites is 1. The van der Waals surface area contributed by atoms with Gasteiger partial charge in [0.05, 0.1) is 10.7 Å². The van der Waals surface area contributed by atoms with Gasteiger partial charge in [-0.15, -0.1) is 0 Å². The Bertz CT molecular complexity index is 1400. The molecule has 8 heteroatoms. The lowest BCUT2D eigenvalue weighted by atomic mass is 9.96. The molecule has 7 rings (SSSR count). The summed E-state index contributed by atoms with van der Waals surface area (Å²) in [5, 5.41) is 6.47. The van der Waals surface area contributed by atoms with E-state index in [9.17, 15) is 0 Å². The fourth-order valence-electron chi connectivity index (χ4n) is 6.64. The number of rotatable bonds is 4. The Morgan fingerprint density at radius 2 is 1.50 bits per heavy atom. The number of fused-ring (bicyclic) bond motifs is 3. The van der Waals surface area contributed by atoms with Gasteiger partial charge in [0.2, 0.25) is 0 Å². The molecular formula is C28H28Cl2N6. The molecule has 5 heterocycles. The number of hydrogen-bond donors (Lipinski definition) is 0. The van der Waals surface area contributed by atoms with Crippen molar-refractivity contribution in [2.24, 2.45) is 0 Å². The Balaban J connectivity index is 1.36. The van der Waals surface area contributed by atoms with Crippen molar-refractivity contribution in [3.63, 3.8) is 0 Å². The molecule has 2 unspecified atom stereocenters. The SMILES string of the molecule is Clc1ccc(-c2c3ncnc(N4C5CCC4CC(N4CCCC4)C5)c3nn2-c2ccccc2Cl)cc1. The third-order valence-electron chi connectivity index (χ3n) is 8.25. The summed E-state index contributed by atoms with van der Waals surface area (Å²) in [5.74, 6) is 0.952. The summed E-state index contributed by atoms with van der Waals surface area (Å²) in [5.41, 5.74) is 4.38. The molecule has 6 nitrogen and oxygen atoms in total. The van der Waals surface area contributed by atoms with E-state index in [4.69, 9.17) is 38.3 Å². The molecule has 2 bridgehead atoms. The second kappa shape index (κ2) is 9.02. The number of hydrogen-bond acceptors (Lipinski definition) is 5. The van der Waals surface area contributed by atoms with Crippen LogP contribution in [0.5, 0.6) is 0 Å². The van der Waals surface area contributed by atoms with Crippen LogP contribution in [0.15, 0.2) is 54.9 Å². The molecule has 0 amide bonds. The van der Waals surface area contributed by atoms with Gasteiger partial charge >= 0.3 is 0 Å². The molecule has 36 heavy (non-hydrogen) atoms. The highest BCUT2D eigenvalue weighted by Crippen LogP contribution is 2.43. The molecule has 184 valence electrons. The highest BCUT2D eigenvalue weighted by Gasteiger charge is 2.44. The summed E-state index contributed by atoms with van der Waals surface area (Å²) in [6.45, 7) is 2.52. The maximum absolute atomic E-state index is 6.66. The van der Waals surface area contributed by atoms with Gasteiger partial charge in [-0.3, -0.25) is 0 Å². The quantitative estimate of drug-likeness (QED) is 0.313. The molecule has 0 N–H and O–H groups in total. The van der Waals surface area contributed by atoms with Crippen molar-refractivity contribution in [1.82, 2.24) is 24.6 Å². The molecule has 0 spiro atoms. The van der Waals surface area contributed by atoms with Gasteiger partial charge in [-0.1, -0.05) is 47.5 Å². The molecule has 2 aromatic carbocycles. The van der Waals surface area contributed by atoms with E-state index in [1.807, 2.05) is 53.2 Å². The van der Waals surface area contributed by atoms with Crippen molar-refractivity contribution in [3.05, 3.63) is 64.9 Å². The summed E-state index contributed by atoms with van der Waals surface area (Å²) in [4.78, 5) is 14.9. The van der Waals surface area contributed by atoms with Crippen molar-refractivity contribution >= 4 is 40.1 Å². The number of piperidine rings is 1. The zero-order valence-corrected chi connectivity index (χ0v) is 21.5. The van der Waals surface area contributed by atoms with Crippen LogP contribution in [0.2, 0.25) is 10.0 Å². The van der Waals surface area contributed by atoms with Crippen LogP contribution in [-0.2, 0) is 0 Å². The minimum Gasteiger partial charge on any atom is -0.349 e. The molecule has 4 aromatic rings. The maximum Gasteiger partial charge on any atom is 0.161 e. The lowest BCUT2D eigenvalue weighted by Crippen LogP contribution is -2.50. The topological polar surface area (TPSA) is 50.1 Å². The molecule has 2 aromatic heterocycles. The van der Waals surface area contributed by atoms with E-state index < -0.39 is 0 Å². The van der Waals surface area contributed by atoms with Crippen molar-refractivity contribution < 1.29 is 0 Å². The Morgan fingerprint density at radius 3 is 2.22 bits per heavy atom. The molecule has 3 saturated heterocycles. The number of aromatic nitrogens is 4. The van der Waals surface area contributed by atoms with Gasteiger partial charge in [0.25, 0.3) is 0 Å². The van der Waals surface area contributed by atoms with Crippen LogP contribution in [0.1, 0.15) is 38.5 Å². The number of likely N-dealkylation sites (tertiary alicyclic amines) is 1. The van der Waals surface area contributed by atoms with Crippen LogP contribution in [-0.4, -0.2) is 55.9 Å². The smallest absolute Gasteiger partial charge is 0.161 e. The van der Waals surface area contributed by atoms with E-state index >= 15 is 0 Å². The molecule has 3 fully saturated rings. The highest BCUT2D eigenvalue weighted by atomic mass is 35.5. The van der Waals surface area contributed by atoms with Crippen molar-refractivity contribution in [3.8, 4) is 16.9 Å². The lowest BCUT2D eigenvalue weighted by Gasteiger charge is -2.42. The second-order valence-electron chi connectivity index (χ2n) is 10.3. The van der Waals surface area contributed by atoms with Gasteiger partial charge in [-0.2, -0.15) is 5.10 Å².